The van der Waals surface area contributed by atoms with Crippen LogP contribution in [0.2, 0.25) is 0 Å². The van der Waals surface area contributed by atoms with E-state index in [1.54, 1.807) is 6.92 Å². The predicted molar refractivity (Wildman–Crippen MR) is 62.4 cm³/mol. The first-order valence-electron chi connectivity index (χ1n) is 5.68. The fourth-order valence-electron chi connectivity index (χ4n) is 2.19. The molecule has 0 spiro atoms. The molecule has 19 heavy (non-hydrogen) atoms. The topological polar surface area (TPSA) is 109 Å². The third-order valence-corrected chi connectivity index (χ3v) is 3.15. The van der Waals surface area contributed by atoms with E-state index in [9.17, 15) is 9.59 Å². The first-order chi connectivity index (χ1) is 9.08. The number of anilines is 1. The van der Waals surface area contributed by atoms with Crippen LogP contribution in [-0.2, 0) is 9.59 Å². The number of fused-ring (bicyclic) bond motifs is 1. The van der Waals surface area contributed by atoms with E-state index >= 15 is 0 Å². The second-order valence-electron chi connectivity index (χ2n) is 4.39. The normalized spacial score (nSPS) is 19.3. The van der Waals surface area contributed by atoms with Crippen LogP contribution in [0.15, 0.2) is 10.9 Å². The van der Waals surface area contributed by atoms with Crippen LogP contribution in [0.4, 0.5) is 5.82 Å². The summed E-state index contributed by atoms with van der Waals surface area (Å²) < 4.78 is 5.00. The zero-order valence-electron chi connectivity index (χ0n) is 10.0. The molecule has 1 amide bonds. The van der Waals surface area contributed by atoms with Gasteiger partial charge in [0.25, 0.3) is 5.71 Å². The lowest BCUT2D eigenvalue weighted by Gasteiger charge is -2.15. The van der Waals surface area contributed by atoms with E-state index in [-0.39, 0.29) is 24.6 Å². The summed E-state index contributed by atoms with van der Waals surface area (Å²) in [7, 11) is 0. The van der Waals surface area contributed by atoms with Crippen LogP contribution in [-0.4, -0.2) is 38.7 Å². The van der Waals surface area contributed by atoms with E-state index in [4.69, 9.17) is 9.63 Å². The van der Waals surface area contributed by atoms with Crippen LogP contribution in [0, 0.1) is 12.8 Å². The number of carbonyl (C=O) groups is 2. The summed E-state index contributed by atoms with van der Waals surface area (Å²) in [4.78, 5) is 32.2. The Labute approximate surface area is 107 Å². The van der Waals surface area contributed by atoms with E-state index in [1.807, 2.05) is 0 Å². The van der Waals surface area contributed by atoms with Crippen molar-refractivity contribution in [3.63, 3.8) is 0 Å². The number of aryl methyl sites for hydroxylation is 1. The number of aliphatic carboxylic acids is 1. The molecule has 3 heterocycles. The Morgan fingerprint density at radius 3 is 3.00 bits per heavy atom. The Morgan fingerprint density at radius 1 is 1.53 bits per heavy atom. The quantitative estimate of drug-likeness (QED) is 0.832. The minimum Gasteiger partial charge on any atom is -0.481 e. The number of hydrogen-bond acceptors (Lipinski definition) is 6. The molecular formula is C11H10N4O4. The van der Waals surface area contributed by atoms with Crippen molar-refractivity contribution in [3.05, 3.63) is 12.0 Å². The Hall–Kier alpha value is -2.51. The first-order valence-corrected chi connectivity index (χ1v) is 5.68. The van der Waals surface area contributed by atoms with E-state index in [0.717, 1.165) is 0 Å². The standard InChI is InChI=1S/C11H10N4O4/c1-5-8-9(12-4-13-10(8)19-14-5)15-3-6(11(17)18)2-7(15)16/h4,6H,2-3H2,1H3,(H,17,18). The molecular weight excluding hydrogens is 252 g/mol. The van der Waals surface area contributed by atoms with Crippen LogP contribution in [0.3, 0.4) is 0 Å². The molecule has 3 rings (SSSR count). The molecule has 0 aromatic carbocycles. The van der Waals surface area contributed by atoms with Crippen molar-refractivity contribution < 1.29 is 19.2 Å². The van der Waals surface area contributed by atoms with Crippen LogP contribution in [0.5, 0.6) is 0 Å². The summed E-state index contributed by atoms with van der Waals surface area (Å²) in [5.74, 6) is -1.61. The van der Waals surface area contributed by atoms with Gasteiger partial charge in [-0.15, -0.1) is 0 Å². The molecule has 2 aromatic rings. The first kappa shape index (κ1) is 11.6. The zero-order valence-corrected chi connectivity index (χ0v) is 10.0. The van der Waals surface area contributed by atoms with Gasteiger partial charge in [0.1, 0.15) is 11.7 Å². The van der Waals surface area contributed by atoms with Crippen molar-refractivity contribution in [2.45, 2.75) is 13.3 Å². The number of carbonyl (C=O) groups excluding carboxylic acids is 1. The molecule has 1 aliphatic heterocycles. The lowest BCUT2D eigenvalue weighted by Crippen LogP contribution is -2.27. The van der Waals surface area contributed by atoms with Gasteiger partial charge in [-0.2, -0.15) is 4.98 Å². The Balaban J connectivity index is 2.08. The Morgan fingerprint density at radius 2 is 2.32 bits per heavy atom. The molecule has 1 saturated heterocycles. The smallest absolute Gasteiger partial charge is 0.308 e. The Kier molecular flexibility index (Phi) is 2.44. The lowest BCUT2D eigenvalue weighted by atomic mass is 10.1. The minimum absolute atomic E-state index is 0.0227. The maximum absolute atomic E-state index is 11.9. The van der Waals surface area contributed by atoms with E-state index in [2.05, 4.69) is 15.1 Å². The van der Waals surface area contributed by atoms with Gasteiger partial charge in [0.15, 0.2) is 5.82 Å². The van der Waals surface area contributed by atoms with E-state index < -0.39 is 11.9 Å². The number of rotatable bonds is 2. The van der Waals surface area contributed by atoms with Crippen molar-refractivity contribution >= 4 is 28.8 Å². The van der Waals surface area contributed by atoms with E-state index in [0.29, 0.717) is 16.9 Å². The molecule has 1 unspecified atom stereocenters. The second kappa shape index (κ2) is 4.01. The van der Waals surface area contributed by atoms with Gasteiger partial charge in [-0.25, -0.2) is 4.98 Å². The number of carboxylic acids is 1. The van der Waals surface area contributed by atoms with Crippen LogP contribution in [0.25, 0.3) is 11.1 Å². The monoisotopic (exact) mass is 262 g/mol. The molecule has 1 aliphatic rings. The molecule has 0 saturated carbocycles. The molecule has 8 nitrogen and oxygen atoms in total. The lowest BCUT2D eigenvalue weighted by molar-refractivity contribution is -0.141. The molecule has 0 radical (unpaired) electrons. The molecule has 2 aromatic heterocycles. The van der Waals surface area contributed by atoms with Gasteiger partial charge in [-0.05, 0) is 6.92 Å². The maximum Gasteiger partial charge on any atom is 0.308 e. The molecule has 0 aliphatic carbocycles. The van der Waals surface area contributed by atoms with Gasteiger partial charge in [0, 0.05) is 13.0 Å². The fourth-order valence-corrected chi connectivity index (χ4v) is 2.19. The van der Waals surface area contributed by atoms with Crippen molar-refractivity contribution in [3.8, 4) is 0 Å². The third kappa shape index (κ3) is 1.72. The summed E-state index contributed by atoms with van der Waals surface area (Å²) >= 11 is 0. The predicted octanol–water partition coefficient (Wildman–Crippen LogP) is 0.364. The highest BCUT2D eigenvalue weighted by atomic mass is 16.5. The van der Waals surface area contributed by atoms with Crippen molar-refractivity contribution in [2.24, 2.45) is 5.92 Å². The molecule has 1 fully saturated rings. The highest BCUT2D eigenvalue weighted by Gasteiger charge is 2.37. The van der Waals surface area contributed by atoms with Gasteiger partial charge in [-0.1, -0.05) is 5.16 Å². The number of nitrogens with zero attached hydrogens (tertiary/aromatic N) is 4. The van der Waals surface area contributed by atoms with Gasteiger partial charge in [-0.3, -0.25) is 14.5 Å². The SMILES string of the molecule is Cc1noc2ncnc(N3CC(C(=O)O)CC3=O)c12. The fraction of sp³-hybridized carbons (Fsp3) is 0.364. The number of aromatic nitrogens is 3. The molecule has 1 atom stereocenters. The number of carboxylic acid groups (broad SMARTS) is 1. The number of hydrogen-bond donors (Lipinski definition) is 1. The summed E-state index contributed by atoms with van der Waals surface area (Å²) in [5, 5.41) is 13.3. The highest BCUT2D eigenvalue weighted by molar-refractivity contribution is 6.04. The molecule has 1 N–H and O–H groups in total. The summed E-state index contributed by atoms with van der Waals surface area (Å²) in [6, 6.07) is 0. The van der Waals surface area contributed by atoms with E-state index in [1.165, 1.54) is 11.2 Å². The van der Waals surface area contributed by atoms with Gasteiger partial charge in [0.2, 0.25) is 5.91 Å². The third-order valence-electron chi connectivity index (χ3n) is 3.15. The molecule has 0 bridgehead atoms. The average Bonchev–Trinajstić information content (AvgIpc) is 2.94. The van der Waals surface area contributed by atoms with Crippen molar-refractivity contribution in [1.29, 1.82) is 0 Å². The van der Waals surface area contributed by atoms with Gasteiger partial charge >= 0.3 is 5.97 Å². The second-order valence-corrected chi connectivity index (χ2v) is 4.39. The Bertz CT molecular complexity index is 680. The molecule has 8 heteroatoms. The summed E-state index contributed by atoms with van der Waals surface area (Å²) in [6.45, 7) is 1.82. The maximum atomic E-state index is 11.9. The van der Waals surface area contributed by atoms with Crippen LogP contribution < -0.4 is 4.90 Å². The highest BCUT2D eigenvalue weighted by Crippen LogP contribution is 2.30. The average molecular weight is 262 g/mol. The van der Waals surface area contributed by atoms with Crippen molar-refractivity contribution in [1.82, 2.24) is 15.1 Å². The minimum atomic E-state index is -0.983. The van der Waals surface area contributed by atoms with Crippen LogP contribution in [0.1, 0.15) is 12.1 Å². The summed E-state index contributed by atoms with van der Waals surface area (Å²) in [6.07, 6.45) is 1.24. The van der Waals surface area contributed by atoms with Crippen molar-refractivity contribution in [2.75, 3.05) is 11.4 Å². The molecule has 98 valence electrons. The zero-order chi connectivity index (χ0) is 13.6. The summed E-state index contributed by atoms with van der Waals surface area (Å²) in [5.41, 5.74) is 0.853. The number of amides is 1. The van der Waals surface area contributed by atoms with Crippen LogP contribution >= 0.6 is 0 Å². The van der Waals surface area contributed by atoms with Gasteiger partial charge in [0.05, 0.1) is 11.6 Å². The van der Waals surface area contributed by atoms with Gasteiger partial charge < -0.3 is 9.63 Å². The largest absolute Gasteiger partial charge is 0.481 e.